The van der Waals surface area contributed by atoms with Crippen LogP contribution in [0.15, 0.2) is 12.3 Å². The van der Waals surface area contributed by atoms with Gasteiger partial charge in [0.1, 0.15) is 5.82 Å². The summed E-state index contributed by atoms with van der Waals surface area (Å²) >= 11 is 0. The van der Waals surface area contributed by atoms with E-state index in [0.717, 1.165) is 12.4 Å². The number of methoxy groups -OCH3 is 1. The van der Waals surface area contributed by atoms with Crippen LogP contribution in [-0.4, -0.2) is 44.3 Å². The van der Waals surface area contributed by atoms with Gasteiger partial charge in [-0.3, -0.25) is 0 Å². The predicted octanol–water partition coefficient (Wildman–Crippen LogP) is 0.601. The molecule has 0 aromatic carbocycles. The Morgan fingerprint density at radius 3 is 3.00 bits per heavy atom. The van der Waals surface area contributed by atoms with E-state index in [9.17, 15) is 0 Å². The van der Waals surface area contributed by atoms with Crippen molar-refractivity contribution in [3.63, 3.8) is 0 Å². The molecule has 1 rings (SSSR count). The molecule has 1 heterocycles. The number of aromatic nitrogens is 2. The quantitative estimate of drug-likeness (QED) is 0.747. The Morgan fingerprint density at radius 1 is 1.57 bits per heavy atom. The molecule has 0 aliphatic heterocycles. The lowest BCUT2D eigenvalue weighted by atomic mass is 10.5. The molecule has 0 atom stereocenters. The zero-order valence-corrected chi connectivity index (χ0v) is 8.82. The number of ether oxygens (including phenoxy) is 1. The zero-order valence-electron chi connectivity index (χ0n) is 8.82. The van der Waals surface area contributed by atoms with Crippen molar-refractivity contribution in [3.8, 4) is 0 Å². The van der Waals surface area contributed by atoms with Gasteiger partial charge in [0.15, 0.2) is 0 Å². The lowest BCUT2D eigenvalue weighted by Crippen LogP contribution is -2.23. The number of anilines is 2. The van der Waals surface area contributed by atoms with Gasteiger partial charge in [0.2, 0.25) is 5.95 Å². The second-order valence-corrected chi connectivity index (χ2v) is 2.90. The van der Waals surface area contributed by atoms with E-state index < -0.39 is 0 Å². The molecule has 0 fully saturated rings. The van der Waals surface area contributed by atoms with E-state index in [1.165, 1.54) is 0 Å². The first-order valence-corrected chi connectivity index (χ1v) is 4.48. The third kappa shape index (κ3) is 2.85. The maximum Gasteiger partial charge on any atom is 0.224 e. The van der Waals surface area contributed by atoms with E-state index in [1.807, 2.05) is 18.0 Å². The minimum absolute atomic E-state index is 0.631. The molecule has 5 nitrogen and oxygen atoms in total. The number of nitrogens with one attached hydrogen (secondary N) is 1. The van der Waals surface area contributed by atoms with Crippen LogP contribution in [0.3, 0.4) is 0 Å². The van der Waals surface area contributed by atoms with Gasteiger partial charge in [-0.2, -0.15) is 4.98 Å². The summed E-state index contributed by atoms with van der Waals surface area (Å²) in [6.45, 7) is 1.51. The lowest BCUT2D eigenvalue weighted by Gasteiger charge is -2.17. The van der Waals surface area contributed by atoms with E-state index in [0.29, 0.717) is 12.6 Å². The Kier molecular flexibility index (Phi) is 4.12. The molecule has 0 aliphatic carbocycles. The Balaban J connectivity index is 2.64. The highest BCUT2D eigenvalue weighted by molar-refractivity contribution is 5.41. The van der Waals surface area contributed by atoms with Crippen LogP contribution in [-0.2, 0) is 4.74 Å². The van der Waals surface area contributed by atoms with E-state index in [-0.39, 0.29) is 0 Å². The van der Waals surface area contributed by atoms with Crippen molar-refractivity contribution >= 4 is 11.8 Å². The van der Waals surface area contributed by atoms with Crippen LogP contribution in [0.4, 0.5) is 11.8 Å². The minimum Gasteiger partial charge on any atom is -0.383 e. The molecule has 78 valence electrons. The smallest absolute Gasteiger partial charge is 0.224 e. The molecule has 0 bridgehead atoms. The van der Waals surface area contributed by atoms with Gasteiger partial charge in [-0.15, -0.1) is 0 Å². The van der Waals surface area contributed by atoms with Gasteiger partial charge in [-0.1, -0.05) is 0 Å². The summed E-state index contributed by atoms with van der Waals surface area (Å²) in [4.78, 5) is 10.4. The third-order valence-electron chi connectivity index (χ3n) is 1.89. The molecule has 0 aliphatic rings. The average molecular weight is 196 g/mol. The molecule has 0 saturated heterocycles. The standard InChI is InChI=1S/C9H16N4O/c1-10-9-11-5-4-8(12-9)13(2)6-7-14-3/h4-5H,6-7H2,1-3H3,(H,10,11,12). The zero-order chi connectivity index (χ0) is 10.4. The van der Waals surface area contributed by atoms with Crippen LogP contribution in [0.25, 0.3) is 0 Å². The highest BCUT2D eigenvalue weighted by Crippen LogP contribution is 2.09. The van der Waals surface area contributed by atoms with Gasteiger partial charge in [0.25, 0.3) is 0 Å². The fourth-order valence-electron chi connectivity index (χ4n) is 1.02. The van der Waals surface area contributed by atoms with Gasteiger partial charge in [-0.25, -0.2) is 4.98 Å². The van der Waals surface area contributed by atoms with Gasteiger partial charge in [0, 0.05) is 33.9 Å². The van der Waals surface area contributed by atoms with Crippen molar-refractivity contribution in [2.45, 2.75) is 0 Å². The van der Waals surface area contributed by atoms with Crippen LogP contribution in [0.5, 0.6) is 0 Å². The molecular formula is C9H16N4O. The molecule has 5 heteroatoms. The second kappa shape index (κ2) is 5.39. The molecule has 0 amide bonds. The van der Waals surface area contributed by atoms with Crippen LogP contribution < -0.4 is 10.2 Å². The predicted molar refractivity (Wildman–Crippen MR) is 56.7 cm³/mol. The number of rotatable bonds is 5. The number of nitrogens with zero attached hydrogens (tertiary/aromatic N) is 3. The molecule has 1 aromatic rings. The van der Waals surface area contributed by atoms with Gasteiger partial charge < -0.3 is 15.0 Å². The highest BCUT2D eigenvalue weighted by atomic mass is 16.5. The van der Waals surface area contributed by atoms with Gasteiger partial charge >= 0.3 is 0 Å². The number of hydrogen-bond donors (Lipinski definition) is 1. The van der Waals surface area contributed by atoms with Gasteiger partial charge in [-0.05, 0) is 6.07 Å². The van der Waals surface area contributed by atoms with Crippen LogP contribution in [0.2, 0.25) is 0 Å². The Bertz CT molecular complexity index is 279. The Labute approximate surface area is 84.1 Å². The molecule has 0 unspecified atom stereocenters. The summed E-state index contributed by atoms with van der Waals surface area (Å²) in [5.74, 6) is 1.52. The largest absolute Gasteiger partial charge is 0.383 e. The first-order chi connectivity index (χ1) is 6.77. The first-order valence-electron chi connectivity index (χ1n) is 4.48. The van der Waals surface area contributed by atoms with E-state index in [4.69, 9.17) is 4.74 Å². The molecule has 1 N–H and O–H groups in total. The summed E-state index contributed by atoms with van der Waals surface area (Å²) < 4.78 is 4.99. The van der Waals surface area contributed by atoms with Crippen LogP contribution >= 0.6 is 0 Å². The fraction of sp³-hybridized carbons (Fsp3) is 0.556. The fourth-order valence-corrected chi connectivity index (χ4v) is 1.02. The monoisotopic (exact) mass is 196 g/mol. The van der Waals surface area contributed by atoms with Gasteiger partial charge in [0.05, 0.1) is 6.61 Å². The van der Waals surface area contributed by atoms with Crippen LogP contribution in [0, 0.1) is 0 Å². The van der Waals surface area contributed by atoms with Crippen molar-refractivity contribution < 1.29 is 4.74 Å². The summed E-state index contributed by atoms with van der Waals surface area (Å²) in [5.41, 5.74) is 0. The van der Waals surface area contributed by atoms with E-state index in [1.54, 1.807) is 20.4 Å². The Morgan fingerprint density at radius 2 is 2.36 bits per heavy atom. The van der Waals surface area contributed by atoms with E-state index in [2.05, 4.69) is 15.3 Å². The first kappa shape index (κ1) is 10.7. The summed E-state index contributed by atoms with van der Waals surface area (Å²) in [5, 5.41) is 2.90. The topological polar surface area (TPSA) is 50.3 Å². The molecule has 0 saturated carbocycles. The number of hydrogen-bond acceptors (Lipinski definition) is 5. The van der Waals surface area contributed by atoms with Crippen molar-refractivity contribution in [3.05, 3.63) is 12.3 Å². The second-order valence-electron chi connectivity index (χ2n) is 2.90. The molecule has 0 spiro atoms. The molecule has 0 radical (unpaired) electrons. The summed E-state index contributed by atoms with van der Waals surface area (Å²) in [6.07, 6.45) is 1.73. The summed E-state index contributed by atoms with van der Waals surface area (Å²) in [7, 11) is 5.46. The lowest BCUT2D eigenvalue weighted by molar-refractivity contribution is 0.206. The molecule has 1 aromatic heterocycles. The normalized spacial score (nSPS) is 9.93. The number of likely N-dealkylation sites (N-methyl/N-ethyl adjacent to an activating group) is 1. The molecular weight excluding hydrogens is 180 g/mol. The SMILES string of the molecule is CNc1nccc(N(C)CCOC)n1. The summed E-state index contributed by atoms with van der Waals surface area (Å²) in [6, 6.07) is 1.87. The highest BCUT2D eigenvalue weighted by Gasteiger charge is 2.02. The maximum absolute atomic E-state index is 4.99. The maximum atomic E-state index is 4.99. The van der Waals surface area contributed by atoms with Crippen molar-refractivity contribution in [1.29, 1.82) is 0 Å². The Hall–Kier alpha value is -1.36. The van der Waals surface area contributed by atoms with Crippen LogP contribution in [0.1, 0.15) is 0 Å². The van der Waals surface area contributed by atoms with Crippen molar-refractivity contribution in [2.24, 2.45) is 0 Å². The third-order valence-corrected chi connectivity index (χ3v) is 1.89. The van der Waals surface area contributed by atoms with Crippen molar-refractivity contribution in [2.75, 3.05) is 44.6 Å². The molecule has 14 heavy (non-hydrogen) atoms. The van der Waals surface area contributed by atoms with Crippen molar-refractivity contribution in [1.82, 2.24) is 9.97 Å². The minimum atomic E-state index is 0.631. The average Bonchev–Trinajstić information content (AvgIpc) is 2.26. The van der Waals surface area contributed by atoms with E-state index >= 15 is 0 Å².